The molecule has 1 N–H and O–H groups in total. The highest BCUT2D eigenvalue weighted by atomic mass is 32.1. The first-order chi connectivity index (χ1) is 6.84. The molecule has 0 saturated heterocycles. The summed E-state index contributed by atoms with van der Waals surface area (Å²) < 4.78 is 0. The molecule has 0 aliphatic heterocycles. The molecule has 1 aliphatic rings. The minimum Gasteiger partial charge on any atom is -0.358 e. The van der Waals surface area contributed by atoms with Gasteiger partial charge in [-0.3, -0.25) is 0 Å². The fourth-order valence-corrected chi connectivity index (χ4v) is 2.68. The topological polar surface area (TPSA) is 15.8 Å². The summed E-state index contributed by atoms with van der Waals surface area (Å²) in [4.78, 5) is 3.50. The van der Waals surface area contributed by atoms with Crippen LogP contribution in [0.2, 0.25) is 0 Å². The number of aromatic nitrogens is 1. The van der Waals surface area contributed by atoms with Crippen molar-refractivity contribution in [2.24, 2.45) is 0 Å². The highest BCUT2D eigenvalue weighted by molar-refractivity contribution is 7.80. The monoisotopic (exact) mass is 203 g/mol. The van der Waals surface area contributed by atoms with Gasteiger partial charge in [-0.25, -0.2) is 0 Å². The second-order valence-corrected chi connectivity index (χ2v) is 4.75. The maximum Gasteiger partial charge on any atom is 0.0458 e. The van der Waals surface area contributed by atoms with Crippen molar-refractivity contribution in [3.05, 3.63) is 35.5 Å². The van der Waals surface area contributed by atoms with Crippen LogP contribution >= 0.6 is 12.6 Å². The highest BCUT2D eigenvalue weighted by Gasteiger charge is 2.19. The van der Waals surface area contributed by atoms with Gasteiger partial charge in [0, 0.05) is 21.8 Å². The molecular weight excluding hydrogens is 190 g/mol. The van der Waals surface area contributed by atoms with Crippen molar-refractivity contribution in [1.82, 2.24) is 4.98 Å². The van der Waals surface area contributed by atoms with Gasteiger partial charge in [0.2, 0.25) is 0 Å². The van der Waals surface area contributed by atoms with Gasteiger partial charge in [-0.1, -0.05) is 18.2 Å². The number of nitrogens with one attached hydrogen (secondary N) is 1. The first-order valence-electron chi connectivity index (χ1n) is 5.11. The Hall–Kier alpha value is -0.890. The normalized spacial score (nSPS) is 21.1. The second kappa shape index (κ2) is 3.06. The number of aryl methyl sites for hydroxylation is 1. The van der Waals surface area contributed by atoms with Crippen LogP contribution in [0, 0.1) is 0 Å². The number of H-pyrrole nitrogens is 1. The molecule has 2 aromatic rings. The van der Waals surface area contributed by atoms with Crippen molar-refractivity contribution in [3.63, 3.8) is 0 Å². The molecule has 72 valence electrons. The van der Waals surface area contributed by atoms with Gasteiger partial charge >= 0.3 is 0 Å². The predicted molar refractivity (Wildman–Crippen MR) is 63.1 cm³/mol. The minimum atomic E-state index is 0.538. The maximum absolute atomic E-state index is 4.55. The molecule has 0 spiro atoms. The van der Waals surface area contributed by atoms with E-state index < -0.39 is 0 Å². The lowest BCUT2D eigenvalue weighted by molar-refractivity contribution is 0.700. The quantitative estimate of drug-likeness (QED) is 0.612. The molecule has 3 rings (SSSR count). The van der Waals surface area contributed by atoms with Crippen LogP contribution in [-0.4, -0.2) is 10.2 Å². The Balaban J connectivity index is 2.24. The van der Waals surface area contributed by atoms with Crippen LogP contribution < -0.4 is 0 Å². The van der Waals surface area contributed by atoms with Gasteiger partial charge in [0.15, 0.2) is 0 Å². The molecule has 1 aromatic heterocycles. The van der Waals surface area contributed by atoms with Crippen LogP contribution in [0.1, 0.15) is 17.7 Å². The van der Waals surface area contributed by atoms with Crippen LogP contribution in [0.4, 0.5) is 0 Å². The number of hydrogen-bond acceptors (Lipinski definition) is 1. The summed E-state index contributed by atoms with van der Waals surface area (Å²) in [7, 11) is 0. The van der Waals surface area contributed by atoms with E-state index in [1.807, 2.05) is 0 Å². The van der Waals surface area contributed by atoms with Gasteiger partial charge in [0.1, 0.15) is 0 Å². The van der Waals surface area contributed by atoms with E-state index >= 15 is 0 Å². The summed E-state index contributed by atoms with van der Waals surface area (Å²) in [6, 6.07) is 8.57. The van der Waals surface area contributed by atoms with Gasteiger partial charge in [0.05, 0.1) is 0 Å². The van der Waals surface area contributed by atoms with Gasteiger partial charge in [-0.15, -0.1) is 0 Å². The Bertz CT molecular complexity index is 472. The van der Waals surface area contributed by atoms with Crippen LogP contribution in [0.25, 0.3) is 10.9 Å². The van der Waals surface area contributed by atoms with Crippen LogP contribution in [0.3, 0.4) is 0 Å². The summed E-state index contributed by atoms with van der Waals surface area (Å²) in [6.45, 7) is 0. The number of hydrogen-bond donors (Lipinski definition) is 2. The van der Waals surface area contributed by atoms with E-state index in [0.717, 1.165) is 6.42 Å². The summed E-state index contributed by atoms with van der Waals surface area (Å²) in [5, 5.41) is 1.94. The van der Waals surface area contributed by atoms with E-state index in [9.17, 15) is 0 Å². The maximum atomic E-state index is 4.55. The molecule has 1 nitrogen and oxygen atoms in total. The lowest BCUT2D eigenvalue weighted by Crippen LogP contribution is -2.12. The third-order valence-electron chi connectivity index (χ3n) is 3.07. The van der Waals surface area contributed by atoms with Gasteiger partial charge in [-0.05, 0) is 30.9 Å². The standard InChI is InChI=1S/C12H13NS/c14-8-5-6-10-9-3-1-2-4-11(9)13-12(10)7-8/h1-4,8,13-14H,5-7H2. The number of thiol groups is 1. The van der Waals surface area contributed by atoms with Crippen molar-refractivity contribution >= 4 is 23.5 Å². The van der Waals surface area contributed by atoms with E-state index in [1.165, 1.54) is 35.0 Å². The smallest absolute Gasteiger partial charge is 0.0458 e. The molecule has 14 heavy (non-hydrogen) atoms. The van der Waals surface area contributed by atoms with E-state index in [0.29, 0.717) is 5.25 Å². The fourth-order valence-electron chi connectivity index (χ4n) is 2.36. The molecule has 0 bridgehead atoms. The van der Waals surface area contributed by atoms with Gasteiger partial charge < -0.3 is 4.98 Å². The summed E-state index contributed by atoms with van der Waals surface area (Å²) in [6.07, 6.45) is 3.47. The fraction of sp³-hybridized carbons (Fsp3) is 0.333. The number of rotatable bonds is 0. The largest absolute Gasteiger partial charge is 0.358 e. The van der Waals surface area contributed by atoms with Crippen molar-refractivity contribution in [2.75, 3.05) is 0 Å². The summed E-state index contributed by atoms with van der Waals surface area (Å²) >= 11 is 4.55. The zero-order valence-electron chi connectivity index (χ0n) is 7.96. The van der Waals surface area contributed by atoms with Crippen molar-refractivity contribution in [2.45, 2.75) is 24.5 Å². The molecule has 0 fully saturated rings. The number of para-hydroxylation sites is 1. The first-order valence-corrected chi connectivity index (χ1v) is 5.63. The molecule has 1 unspecified atom stereocenters. The van der Waals surface area contributed by atoms with E-state index in [2.05, 4.69) is 41.9 Å². The zero-order valence-corrected chi connectivity index (χ0v) is 8.85. The average Bonchev–Trinajstić information content (AvgIpc) is 2.54. The van der Waals surface area contributed by atoms with Gasteiger partial charge in [0.25, 0.3) is 0 Å². The first kappa shape index (κ1) is 8.42. The molecule has 1 aliphatic carbocycles. The lowest BCUT2D eigenvalue weighted by Gasteiger charge is -2.17. The number of fused-ring (bicyclic) bond motifs is 3. The van der Waals surface area contributed by atoms with Crippen molar-refractivity contribution in [1.29, 1.82) is 0 Å². The van der Waals surface area contributed by atoms with Crippen LogP contribution in [0.5, 0.6) is 0 Å². The molecule has 0 radical (unpaired) electrons. The Kier molecular flexibility index (Phi) is 1.84. The summed E-state index contributed by atoms with van der Waals surface area (Å²) in [5.41, 5.74) is 4.20. The zero-order chi connectivity index (χ0) is 9.54. The molecule has 0 saturated carbocycles. The Morgan fingerprint density at radius 1 is 1.29 bits per heavy atom. The summed E-state index contributed by atoms with van der Waals surface area (Å²) in [5.74, 6) is 0. The van der Waals surface area contributed by atoms with Crippen molar-refractivity contribution in [3.8, 4) is 0 Å². The predicted octanol–water partition coefficient (Wildman–Crippen LogP) is 2.96. The van der Waals surface area contributed by atoms with Crippen molar-refractivity contribution < 1.29 is 0 Å². The van der Waals surface area contributed by atoms with E-state index in [4.69, 9.17) is 0 Å². The Morgan fingerprint density at radius 2 is 2.14 bits per heavy atom. The molecule has 1 heterocycles. The average molecular weight is 203 g/mol. The number of benzene rings is 1. The van der Waals surface area contributed by atoms with Crippen LogP contribution in [0.15, 0.2) is 24.3 Å². The Labute approximate surface area is 88.9 Å². The highest BCUT2D eigenvalue weighted by Crippen LogP contribution is 2.30. The molecule has 0 amide bonds. The molecule has 1 atom stereocenters. The van der Waals surface area contributed by atoms with E-state index in [-0.39, 0.29) is 0 Å². The molecular formula is C12H13NS. The third kappa shape index (κ3) is 1.17. The van der Waals surface area contributed by atoms with Gasteiger partial charge in [-0.2, -0.15) is 12.6 Å². The number of aromatic amines is 1. The second-order valence-electron chi connectivity index (χ2n) is 4.02. The molecule has 1 aromatic carbocycles. The SMILES string of the molecule is SC1CCc2c([nH]c3ccccc23)C1. The molecule has 2 heteroatoms. The van der Waals surface area contributed by atoms with Crippen LogP contribution in [-0.2, 0) is 12.8 Å². The third-order valence-corrected chi connectivity index (χ3v) is 3.51. The Morgan fingerprint density at radius 3 is 3.07 bits per heavy atom. The minimum absolute atomic E-state index is 0.538. The lowest BCUT2D eigenvalue weighted by atomic mass is 9.95. The van der Waals surface area contributed by atoms with E-state index in [1.54, 1.807) is 0 Å².